The second-order valence-electron chi connectivity index (χ2n) is 6.20. The molecule has 0 aromatic heterocycles. The van der Waals surface area contributed by atoms with Gasteiger partial charge in [-0.15, -0.1) is 0 Å². The van der Waals surface area contributed by atoms with E-state index in [-0.39, 0.29) is 0 Å². The molecule has 0 N–H and O–H groups in total. The van der Waals surface area contributed by atoms with E-state index in [1.54, 1.807) is 16.4 Å². The number of hydrogen-bond donors (Lipinski definition) is 0. The Morgan fingerprint density at radius 1 is 1.00 bits per heavy atom. The smallest absolute Gasteiger partial charge is 0.243 e. The molecule has 0 atom stereocenters. The van der Waals surface area contributed by atoms with Crippen LogP contribution in [0.2, 0.25) is 0 Å². The summed E-state index contributed by atoms with van der Waals surface area (Å²) in [6, 6.07) is 5.41. The standard InChI is InChI=1S/C17H28N2O2S/c1-4-5-6-9-18-10-12-19(13-11-18)22(20,21)17-8-7-15(2)16(3)14-17/h7-8,14H,4-6,9-13H2,1-3H3. The highest BCUT2D eigenvalue weighted by molar-refractivity contribution is 7.89. The number of sulfonamides is 1. The van der Waals surface area contributed by atoms with Crippen LogP contribution in [0.15, 0.2) is 23.1 Å². The summed E-state index contributed by atoms with van der Waals surface area (Å²) in [5, 5.41) is 0. The van der Waals surface area contributed by atoms with Crippen molar-refractivity contribution in [1.82, 2.24) is 9.21 Å². The van der Waals surface area contributed by atoms with Gasteiger partial charge in [0, 0.05) is 26.2 Å². The summed E-state index contributed by atoms with van der Waals surface area (Å²) in [5.41, 5.74) is 2.15. The second kappa shape index (κ2) is 7.57. The quantitative estimate of drug-likeness (QED) is 0.756. The normalized spacial score (nSPS) is 17.8. The summed E-state index contributed by atoms with van der Waals surface area (Å²) in [4.78, 5) is 2.80. The molecule has 1 heterocycles. The molecule has 0 amide bonds. The molecule has 0 unspecified atom stereocenters. The van der Waals surface area contributed by atoms with E-state index >= 15 is 0 Å². The minimum Gasteiger partial charge on any atom is -0.301 e. The first kappa shape index (κ1) is 17.4. The van der Waals surface area contributed by atoms with Gasteiger partial charge in [0.25, 0.3) is 0 Å². The molecule has 1 fully saturated rings. The lowest BCUT2D eigenvalue weighted by molar-refractivity contribution is 0.185. The van der Waals surface area contributed by atoms with Crippen LogP contribution in [0.1, 0.15) is 37.3 Å². The average Bonchev–Trinajstić information content (AvgIpc) is 2.51. The van der Waals surface area contributed by atoms with Gasteiger partial charge in [-0.3, -0.25) is 0 Å². The molecule has 124 valence electrons. The Bertz CT molecular complexity index is 591. The lowest BCUT2D eigenvalue weighted by Crippen LogP contribution is -2.48. The molecular formula is C17H28N2O2S. The van der Waals surface area contributed by atoms with Crippen LogP contribution in [0.4, 0.5) is 0 Å². The summed E-state index contributed by atoms with van der Waals surface area (Å²) in [5.74, 6) is 0. The van der Waals surface area contributed by atoms with Crippen LogP contribution >= 0.6 is 0 Å². The Hall–Kier alpha value is -0.910. The number of piperazine rings is 1. The zero-order chi connectivity index (χ0) is 16.2. The van der Waals surface area contributed by atoms with Crippen molar-refractivity contribution in [2.45, 2.75) is 44.9 Å². The lowest BCUT2D eigenvalue weighted by Gasteiger charge is -2.34. The van der Waals surface area contributed by atoms with Crippen LogP contribution in [0.25, 0.3) is 0 Å². The number of benzene rings is 1. The van der Waals surface area contributed by atoms with E-state index in [1.165, 1.54) is 19.3 Å². The van der Waals surface area contributed by atoms with Crippen molar-refractivity contribution in [3.05, 3.63) is 29.3 Å². The molecular weight excluding hydrogens is 296 g/mol. The molecule has 4 nitrogen and oxygen atoms in total. The molecule has 0 radical (unpaired) electrons. The van der Waals surface area contributed by atoms with Crippen molar-refractivity contribution >= 4 is 10.0 Å². The Labute approximate surface area is 135 Å². The van der Waals surface area contributed by atoms with E-state index < -0.39 is 10.0 Å². The molecule has 0 saturated carbocycles. The number of unbranched alkanes of at least 4 members (excludes halogenated alkanes) is 2. The maximum absolute atomic E-state index is 12.7. The second-order valence-corrected chi connectivity index (χ2v) is 8.14. The van der Waals surface area contributed by atoms with Gasteiger partial charge >= 0.3 is 0 Å². The third kappa shape index (κ3) is 4.09. The minimum absolute atomic E-state index is 0.426. The SMILES string of the molecule is CCCCCN1CCN(S(=O)(=O)c2ccc(C)c(C)c2)CC1. The molecule has 1 aliphatic rings. The first-order valence-corrected chi connectivity index (χ1v) is 9.69. The van der Waals surface area contributed by atoms with Crippen LogP contribution in [0.3, 0.4) is 0 Å². The molecule has 0 aliphatic carbocycles. The molecule has 22 heavy (non-hydrogen) atoms. The van der Waals surface area contributed by atoms with Crippen molar-refractivity contribution in [2.24, 2.45) is 0 Å². The summed E-state index contributed by atoms with van der Waals surface area (Å²) in [7, 11) is -3.34. The van der Waals surface area contributed by atoms with Gasteiger partial charge in [-0.25, -0.2) is 8.42 Å². The highest BCUT2D eigenvalue weighted by Gasteiger charge is 2.28. The fourth-order valence-electron chi connectivity index (χ4n) is 2.80. The Balaban J connectivity index is 1.98. The van der Waals surface area contributed by atoms with Crippen LogP contribution in [0, 0.1) is 13.8 Å². The van der Waals surface area contributed by atoms with Gasteiger partial charge in [-0.2, -0.15) is 4.31 Å². The van der Waals surface area contributed by atoms with Crippen molar-refractivity contribution in [3.63, 3.8) is 0 Å². The highest BCUT2D eigenvalue weighted by Crippen LogP contribution is 2.20. The molecule has 0 bridgehead atoms. The zero-order valence-corrected chi connectivity index (χ0v) is 14.8. The van der Waals surface area contributed by atoms with Gasteiger partial charge in [0.15, 0.2) is 0 Å². The van der Waals surface area contributed by atoms with Crippen molar-refractivity contribution in [1.29, 1.82) is 0 Å². The van der Waals surface area contributed by atoms with Crippen LogP contribution in [0.5, 0.6) is 0 Å². The van der Waals surface area contributed by atoms with E-state index in [9.17, 15) is 8.42 Å². The van der Waals surface area contributed by atoms with Gasteiger partial charge in [-0.05, 0) is 50.1 Å². The van der Waals surface area contributed by atoms with Crippen LogP contribution < -0.4 is 0 Å². The van der Waals surface area contributed by atoms with E-state index in [0.717, 1.165) is 30.8 Å². The summed E-state index contributed by atoms with van der Waals surface area (Å²) < 4.78 is 27.1. The van der Waals surface area contributed by atoms with Crippen molar-refractivity contribution < 1.29 is 8.42 Å². The maximum Gasteiger partial charge on any atom is 0.243 e. The van der Waals surface area contributed by atoms with Gasteiger partial charge in [0.1, 0.15) is 0 Å². The van der Waals surface area contributed by atoms with Gasteiger partial charge < -0.3 is 4.90 Å². The fourth-order valence-corrected chi connectivity index (χ4v) is 4.31. The van der Waals surface area contributed by atoms with E-state index in [0.29, 0.717) is 18.0 Å². The number of aryl methyl sites for hydroxylation is 2. The first-order valence-electron chi connectivity index (χ1n) is 8.25. The lowest BCUT2D eigenvalue weighted by atomic mass is 10.1. The summed E-state index contributed by atoms with van der Waals surface area (Å²) >= 11 is 0. The van der Waals surface area contributed by atoms with Crippen molar-refractivity contribution in [3.8, 4) is 0 Å². The summed E-state index contributed by atoms with van der Waals surface area (Å²) in [6.45, 7) is 10.1. The molecule has 0 spiro atoms. The topological polar surface area (TPSA) is 40.6 Å². The Kier molecular flexibility index (Phi) is 6.01. The predicted octanol–water partition coefficient (Wildman–Crippen LogP) is 2.80. The number of nitrogens with zero attached hydrogens (tertiary/aromatic N) is 2. The zero-order valence-electron chi connectivity index (χ0n) is 14.0. The average molecular weight is 324 g/mol. The van der Waals surface area contributed by atoms with Crippen LogP contribution in [-0.4, -0.2) is 50.3 Å². The number of rotatable bonds is 6. The molecule has 1 aromatic carbocycles. The Morgan fingerprint density at radius 2 is 1.68 bits per heavy atom. The third-order valence-electron chi connectivity index (χ3n) is 4.53. The third-order valence-corrected chi connectivity index (χ3v) is 6.42. The highest BCUT2D eigenvalue weighted by atomic mass is 32.2. The largest absolute Gasteiger partial charge is 0.301 e. The number of hydrogen-bond acceptors (Lipinski definition) is 3. The molecule has 1 aliphatic heterocycles. The molecule has 1 aromatic rings. The van der Waals surface area contributed by atoms with Crippen LogP contribution in [-0.2, 0) is 10.0 Å². The van der Waals surface area contributed by atoms with Crippen molar-refractivity contribution in [2.75, 3.05) is 32.7 Å². The van der Waals surface area contributed by atoms with E-state index in [4.69, 9.17) is 0 Å². The monoisotopic (exact) mass is 324 g/mol. The summed E-state index contributed by atoms with van der Waals surface area (Å²) in [6.07, 6.45) is 3.68. The maximum atomic E-state index is 12.7. The van der Waals surface area contributed by atoms with Gasteiger partial charge in [-0.1, -0.05) is 25.8 Å². The van der Waals surface area contributed by atoms with E-state index in [1.807, 2.05) is 19.9 Å². The molecule has 2 rings (SSSR count). The molecule has 5 heteroatoms. The fraction of sp³-hybridized carbons (Fsp3) is 0.647. The van der Waals surface area contributed by atoms with Gasteiger partial charge in [0.2, 0.25) is 10.0 Å². The Morgan fingerprint density at radius 3 is 2.27 bits per heavy atom. The first-order chi connectivity index (χ1) is 10.4. The van der Waals surface area contributed by atoms with Gasteiger partial charge in [0.05, 0.1) is 4.90 Å². The minimum atomic E-state index is -3.34. The van der Waals surface area contributed by atoms with E-state index in [2.05, 4.69) is 11.8 Å². The predicted molar refractivity (Wildman–Crippen MR) is 90.6 cm³/mol. The molecule has 1 saturated heterocycles.